The number of primary sulfonamides is 1. The molecule has 0 bridgehead atoms. The highest BCUT2D eigenvalue weighted by Crippen LogP contribution is 2.19. The van der Waals surface area contributed by atoms with E-state index in [4.69, 9.17) is 14.6 Å². The maximum Gasteiger partial charge on any atom is 0.339 e. The van der Waals surface area contributed by atoms with Crippen molar-refractivity contribution in [3.8, 4) is 0 Å². The van der Waals surface area contributed by atoms with Crippen LogP contribution in [0.2, 0.25) is 0 Å². The van der Waals surface area contributed by atoms with Gasteiger partial charge >= 0.3 is 5.97 Å². The van der Waals surface area contributed by atoms with Crippen LogP contribution >= 0.6 is 11.3 Å². The Labute approximate surface area is 126 Å². The molecule has 0 aliphatic carbocycles. The van der Waals surface area contributed by atoms with Crippen LogP contribution in [0.15, 0.2) is 15.7 Å². The lowest BCUT2D eigenvalue weighted by Crippen LogP contribution is -2.38. The Morgan fingerprint density at radius 3 is 2.67 bits per heavy atom. The fraction of sp³-hybridized carbons (Fsp3) is 0.455. The van der Waals surface area contributed by atoms with Crippen LogP contribution < -0.4 is 10.5 Å². The second-order valence-corrected chi connectivity index (χ2v) is 6.90. The lowest BCUT2D eigenvalue weighted by Gasteiger charge is -2.12. The summed E-state index contributed by atoms with van der Waals surface area (Å²) >= 11 is 0.805. The standard InChI is InChI=1S/C11H16N2O6S2/c1-7(4-18-2)13-9(14)5-19-11(15)8-3-10(20-6-8)21(12,16)17/h3,6-7H,4-5H2,1-2H3,(H,13,14)(H2,12,16,17). The molecule has 0 spiro atoms. The summed E-state index contributed by atoms with van der Waals surface area (Å²) in [5, 5.41) is 8.79. The third-order valence-corrected chi connectivity index (χ3v) is 4.64. The molecule has 1 atom stereocenters. The number of esters is 1. The third kappa shape index (κ3) is 5.79. The third-order valence-electron chi connectivity index (χ3n) is 2.25. The molecule has 8 nitrogen and oxygen atoms in total. The summed E-state index contributed by atoms with van der Waals surface area (Å²) < 4.78 is 31.6. The van der Waals surface area contributed by atoms with Crippen molar-refractivity contribution in [2.24, 2.45) is 5.14 Å². The van der Waals surface area contributed by atoms with Crippen molar-refractivity contribution in [3.63, 3.8) is 0 Å². The first-order chi connectivity index (χ1) is 9.74. The normalized spacial score (nSPS) is 12.7. The number of carbonyl (C=O) groups excluding carboxylic acids is 2. The molecule has 0 saturated heterocycles. The monoisotopic (exact) mass is 336 g/mol. The average Bonchev–Trinajstić information content (AvgIpc) is 2.85. The number of nitrogens with one attached hydrogen (secondary N) is 1. The van der Waals surface area contributed by atoms with Crippen LogP contribution in [0.4, 0.5) is 0 Å². The number of thiophene rings is 1. The molecule has 0 aliphatic rings. The Balaban J connectivity index is 2.51. The molecule has 1 aromatic heterocycles. The van der Waals surface area contributed by atoms with Gasteiger partial charge in [0.1, 0.15) is 4.21 Å². The average molecular weight is 336 g/mol. The number of sulfonamides is 1. The van der Waals surface area contributed by atoms with Crippen LogP contribution in [0, 0.1) is 0 Å². The Hall–Kier alpha value is -1.49. The summed E-state index contributed by atoms with van der Waals surface area (Å²) in [6, 6.07) is 0.893. The summed E-state index contributed by atoms with van der Waals surface area (Å²) in [5.41, 5.74) is 0.0294. The lowest BCUT2D eigenvalue weighted by atomic mass is 10.3. The maximum absolute atomic E-state index is 11.6. The molecule has 0 radical (unpaired) electrons. The molecule has 10 heteroatoms. The first-order valence-corrected chi connectivity index (χ1v) is 8.23. The molecule has 1 aromatic rings. The molecule has 118 valence electrons. The number of methoxy groups -OCH3 is 1. The SMILES string of the molecule is COCC(C)NC(=O)COC(=O)c1csc(S(N)(=O)=O)c1. The lowest BCUT2D eigenvalue weighted by molar-refractivity contribution is -0.125. The molecule has 1 unspecified atom stereocenters. The molecular weight excluding hydrogens is 320 g/mol. The summed E-state index contributed by atoms with van der Waals surface area (Å²) in [6.07, 6.45) is 0. The van der Waals surface area contributed by atoms with Gasteiger partial charge in [-0.1, -0.05) is 0 Å². The predicted molar refractivity (Wildman–Crippen MR) is 75.5 cm³/mol. The predicted octanol–water partition coefficient (Wildman–Crippen LogP) is -0.297. The number of ether oxygens (including phenoxy) is 2. The molecule has 3 N–H and O–H groups in total. The number of rotatable bonds is 7. The van der Waals surface area contributed by atoms with E-state index in [0.29, 0.717) is 6.61 Å². The van der Waals surface area contributed by atoms with Crippen LogP contribution in [-0.2, 0) is 24.3 Å². The smallest absolute Gasteiger partial charge is 0.339 e. The van der Waals surface area contributed by atoms with Gasteiger partial charge in [0, 0.05) is 18.5 Å². The molecular formula is C11H16N2O6S2. The topological polar surface area (TPSA) is 125 Å². The zero-order chi connectivity index (χ0) is 16.0. The number of amides is 1. The van der Waals surface area contributed by atoms with Crippen molar-refractivity contribution in [1.82, 2.24) is 5.32 Å². The van der Waals surface area contributed by atoms with E-state index in [1.807, 2.05) is 0 Å². The number of nitrogens with two attached hydrogens (primary N) is 1. The molecule has 1 rings (SSSR count). The van der Waals surface area contributed by atoms with E-state index in [2.05, 4.69) is 5.32 Å². The van der Waals surface area contributed by atoms with Crippen LogP contribution in [-0.4, -0.2) is 46.7 Å². The molecule has 0 aliphatic heterocycles. The van der Waals surface area contributed by atoms with Crippen molar-refractivity contribution in [3.05, 3.63) is 17.0 Å². The van der Waals surface area contributed by atoms with Gasteiger partial charge in [0.15, 0.2) is 6.61 Å². The van der Waals surface area contributed by atoms with E-state index >= 15 is 0 Å². The van der Waals surface area contributed by atoms with Gasteiger partial charge in [-0.05, 0) is 13.0 Å². The van der Waals surface area contributed by atoms with Gasteiger partial charge in [-0.25, -0.2) is 18.4 Å². The zero-order valence-corrected chi connectivity index (χ0v) is 13.1. The Kier molecular flexibility index (Phi) is 6.27. The Bertz CT molecular complexity index is 610. The molecule has 1 heterocycles. The second kappa shape index (κ2) is 7.50. The van der Waals surface area contributed by atoms with Gasteiger partial charge in [-0.3, -0.25) is 4.79 Å². The minimum atomic E-state index is -3.85. The van der Waals surface area contributed by atoms with Crippen molar-refractivity contribution in [2.45, 2.75) is 17.2 Å². The van der Waals surface area contributed by atoms with E-state index in [0.717, 1.165) is 17.4 Å². The van der Waals surface area contributed by atoms with E-state index in [9.17, 15) is 18.0 Å². The van der Waals surface area contributed by atoms with Gasteiger partial charge < -0.3 is 14.8 Å². The van der Waals surface area contributed by atoms with E-state index in [-0.39, 0.29) is 15.8 Å². The molecule has 0 aromatic carbocycles. The van der Waals surface area contributed by atoms with Gasteiger partial charge in [0.2, 0.25) is 10.0 Å². The summed E-state index contributed by atoms with van der Waals surface area (Å²) in [4.78, 5) is 23.1. The maximum atomic E-state index is 11.6. The van der Waals surface area contributed by atoms with Crippen LogP contribution in [0.3, 0.4) is 0 Å². The van der Waals surface area contributed by atoms with Crippen molar-refractivity contribution < 1.29 is 27.5 Å². The Morgan fingerprint density at radius 1 is 1.48 bits per heavy atom. The molecule has 21 heavy (non-hydrogen) atoms. The van der Waals surface area contributed by atoms with Gasteiger partial charge in [0.05, 0.1) is 12.2 Å². The largest absolute Gasteiger partial charge is 0.452 e. The Morgan fingerprint density at radius 2 is 2.14 bits per heavy atom. The number of hydrogen-bond acceptors (Lipinski definition) is 7. The van der Waals surface area contributed by atoms with E-state index < -0.39 is 28.5 Å². The van der Waals surface area contributed by atoms with Crippen molar-refractivity contribution in [1.29, 1.82) is 0 Å². The first kappa shape index (κ1) is 17.6. The highest BCUT2D eigenvalue weighted by Gasteiger charge is 2.17. The molecule has 1 amide bonds. The van der Waals surface area contributed by atoms with Crippen LogP contribution in [0.25, 0.3) is 0 Å². The molecule has 0 saturated carbocycles. The van der Waals surface area contributed by atoms with Crippen LogP contribution in [0.5, 0.6) is 0 Å². The minimum Gasteiger partial charge on any atom is -0.452 e. The van der Waals surface area contributed by atoms with Crippen molar-refractivity contribution >= 4 is 33.2 Å². The fourth-order valence-electron chi connectivity index (χ4n) is 1.40. The zero-order valence-electron chi connectivity index (χ0n) is 11.5. The quantitative estimate of drug-likeness (QED) is 0.659. The van der Waals surface area contributed by atoms with E-state index in [1.54, 1.807) is 6.92 Å². The van der Waals surface area contributed by atoms with Gasteiger partial charge in [0.25, 0.3) is 5.91 Å². The summed E-state index contributed by atoms with van der Waals surface area (Å²) in [5.74, 6) is -1.27. The van der Waals surface area contributed by atoms with Crippen LogP contribution in [0.1, 0.15) is 17.3 Å². The minimum absolute atomic E-state index is 0.0294. The van der Waals surface area contributed by atoms with Gasteiger partial charge in [-0.15, -0.1) is 11.3 Å². The second-order valence-electron chi connectivity index (χ2n) is 4.20. The molecule has 0 fully saturated rings. The summed E-state index contributed by atoms with van der Waals surface area (Å²) in [6.45, 7) is 1.61. The summed E-state index contributed by atoms with van der Waals surface area (Å²) in [7, 11) is -2.35. The highest BCUT2D eigenvalue weighted by molar-refractivity contribution is 7.91. The van der Waals surface area contributed by atoms with Crippen molar-refractivity contribution in [2.75, 3.05) is 20.3 Å². The van der Waals surface area contributed by atoms with E-state index in [1.165, 1.54) is 12.5 Å². The fourth-order valence-corrected chi connectivity index (χ4v) is 2.97. The highest BCUT2D eigenvalue weighted by atomic mass is 32.2. The first-order valence-electron chi connectivity index (χ1n) is 5.80. The van der Waals surface area contributed by atoms with Gasteiger partial charge in [-0.2, -0.15) is 0 Å². The number of hydrogen-bond donors (Lipinski definition) is 2. The number of carbonyl (C=O) groups is 2.